The number of imide groups is 1. The Kier molecular flexibility index (Phi) is 7.56. The van der Waals surface area contributed by atoms with Crippen molar-refractivity contribution in [2.24, 2.45) is 10.4 Å². The van der Waals surface area contributed by atoms with Gasteiger partial charge in [0.2, 0.25) is 5.91 Å². The van der Waals surface area contributed by atoms with Crippen LogP contribution >= 0.6 is 24.0 Å². The highest BCUT2D eigenvalue weighted by molar-refractivity contribution is 14.0. The average Bonchev–Trinajstić information content (AvgIpc) is 3.04. The SMILES string of the molecule is CCNC(=NCCN1C(=O)CNC1=O)N1CCC(C)(CC)C1.I. The molecule has 0 aromatic heterocycles. The van der Waals surface area contributed by atoms with Crippen LogP contribution in [-0.4, -0.2) is 67.0 Å². The minimum atomic E-state index is -0.315. The number of rotatable bonds is 5. The first-order valence-electron chi connectivity index (χ1n) is 8.10. The molecule has 3 amide bonds. The lowest BCUT2D eigenvalue weighted by molar-refractivity contribution is -0.124. The molecule has 0 bridgehead atoms. The summed E-state index contributed by atoms with van der Waals surface area (Å²) in [6.07, 6.45) is 2.33. The standard InChI is InChI=1S/C15H27N5O2.HI/c1-4-15(3)6-8-19(11-15)13(16-5-2)17-7-9-20-12(21)10-18-14(20)22;/h4-11H2,1-3H3,(H,16,17)(H,18,22);1H. The average molecular weight is 437 g/mol. The predicted molar refractivity (Wildman–Crippen MR) is 101 cm³/mol. The molecular formula is C15H28IN5O2. The zero-order valence-corrected chi connectivity index (χ0v) is 16.6. The van der Waals surface area contributed by atoms with Crippen molar-refractivity contribution in [1.29, 1.82) is 0 Å². The molecule has 0 aromatic rings. The summed E-state index contributed by atoms with van der Waals surface area (Å²) in [6.45, 7) is 10.2. The quantitative estimate of drug-likeness (QED) is 0.294. The maximum atomic E-state index is 11.5. The Morgan fingerprint density at radius 3 is 2.65 bits per heavy atom. The third kappa shape index (κ3) is 4.95. The van der Waals surface area contributed by atoms with Gasteiger partial charge in [0.25, 0.3) is 0 Å². The number of halogens is 1. The number of urea groups is 1. The van der Waals surface area contributed by atoms with E-state index in [4.69, 9.17) is 0 Å². The van der Waals surface area contributed by atoms with Gasteiger partial charge in [-0.3, -0.25) is 14.7 Å². The normalized spacial score (nSPS) is 24.7. The van der Waals surface area contributed by atoms with Crippen molar-refractivity contribution in [2.75, 3.05) is 39.3 Å². The molecule has 7 nitrogen and oxygen atoms in total. The van der Waals surface area contributed by atoms with E-state index >= 15 is 0 Å². The van der Waals surface area contributed by atoms with Crippen LogP contribution in [0, 0.1) is 5.41 Å². The Morgan fingerprint density at radius 1 is 1.39 bits per heavy atom. The van der Waals surface area contributed by atoms with E-state index in [-0.39, 0.29) is 42.5 Å². The summed E-state index contributed by atoms with van der Waals surface area (Å²) >= 11 is 0. The number of guanidine groups is 1. The second kappa shape index (κ2) is 8.70. The molecule has 0 saturated carbocycles. The third-order valence-corrected chi connectivity index (χ3v) is 4.57. The minimum absolute atomic E-state index is 0. The van der Waals surface area contributed by atoms with E-state index in [0.29, 0.717) is 18.5 Å². The Balaban J connectivity index is 0.00000264. The van der Waals surface area contributed by atoms with Crippen molar-refractivity contribution in [3.8, 4) is 0 Å². The summed E-state index contributed by atoms with van der Waals surface area (Å²) in [7, 11) is 0. The van der Waals surface area contributed by atoms with Crippen LogP contribution in [0.3, 0.4) is 0 Å². The van der Waals surface area contributed by atoms with Crippen molar-refractivity contribution in [3.63, 3.8) is 0 Å². The van der Waals surface area contributed by atoms with Crippen LogP contribution < -0.4 is 10.6 Å². The predicted octanol–water partition coefficient (Wildman–Crippen LogP) is 1.24. The van der Waals surface area contributed by atoms with Crippen LogP contribution in [0.25, 0.3) is 0 Å². The van der Waals surface area contributed by atoms with Crippen LogP contribution in [0.4, 0.5) is 4.79 Å². The van der Waals surface area contributed by atoms with Gasteiger partial charge in [-0.25, -0.2) is 4.79 Å². The molecule has 0 aromatic carbocycles. The van der Waals surface area contributed by atoms with E-state index < -0.39 is 0 Å². The fourth-order valence-electron chi connectivity index (χ4n) is 2.86. The summed E-state index contributed by atoms with van der Waals surface area (Å²) in [4.78, 5) is 31.1. The second-order valence-electron chi connectivity index (χ2n) is 6.28. The highest BCUT2D eigenvalue weighted by Crippen LogP contribution is 2.32. The topological polar surface area (TPSA) is 77.0 Å². The molecule has 23 heavy (non-hydrogen) atoms. The minimum Gasteiger partial charge on any atom is -0.357 e. The molecule has 2 aliphatic heterocycles. The summed E-state index contributed by atoms with van der Waals surface area (Å²) in [5.74, 6) is 0.705. The van der Waals surface area contributed by atoms with E-state index in [0.717, 1.165) is 32.0 Å². The number of hydrogen-bond acceptors (Lipinski definition) is 3. The van der Waals surface area contributed by atoms with E-state index in [1.807, 2.05) is 6.92 Å². The smallest absolute Gasteiger partial charge is 0.324 e. The summed E-state index contributed by atoms with van der Waals surface area (Å²) < 4.78 is 0. The molecule has 2 saturated heterocycles. The number of likely N-dealkylation sites (tertiary alicyclic amines) is 1. The number of aliphatic imine (C=N–C) groups is 1. The van der Waals surface area contributed by atoms with E-state index in [2.05, 4.69) is 34.4 Å². The van der Waals surface area contributed by atoms with Gasteiger partial charge in [-0.15, -0.1) is 24.0 Å². The van der Waals surface area contributed by atoms with Crippen molar-refractivity contribution >= 4 is 41.9 Å². The van der Waals surface area contributed by atoms with Crippen molar-refractivity contribution in [1.82, 2.24) is 20.4 Å². The van der Waals surface area contributed by atoms with Crippen LogP contribution in [0.2, 0.25) is 0 Å². The third-order valence-electron chi connectivity index (χ3n) is 4.57. The number of amides is 3. The molecule has 8 heteroatoms. The Hall–Kier alpha value is -1.06. The van der Waals surface area contributed by atoms with E-state index in [9.17, 15) is 9.59 Å². The zero-order chi connectivity index (χ0) is 16.2. The fourth-order valence-corrected chi connectivity index (χ4v) is 2.86. The van der Waals surface area contributed by atoms with Gasteiger partial charge in [-0.1, -0.05) is 13.8 Å². The molecule has 1 atom stereocenters. The number of hydrogen-bond donors (Lipinski definition) is 2. The Labute approximate surface area is 155 Å². The molecule has 2 N–H and O–H groups in total. The van der Waals surface area contributed by atoms with Crippen molar-refractivity contribution in [2.45, 2.75) is 33.6 Å². The highest BCUT2D eigenvalue weighted by atomic mass is 127. The second-order valence-corrected chi connectivity index (χ2v) is 6.28. The van der Waals surface area contributed by atoms with Crippen molar-refractivity contribution < 1.29 is 9.59 Å². The maximum absolute atomic E-state index is 11.5. The molecule has 0 radical (unpaired) electrons. The van der Waals surface area contributed by atoms with Crippen LogP contribution in [0.15, 0.2) is 4.99 Å². The van der Waals surface area contributed by atoms with Gasteiger partial charge >= 0.3 is 6.03 Å². The number of nitrogens with zero attached hydrogens (tertiary/aromatic N) is 3. The van der Waals surface area contributed by atoms with Gasteiger partial charge in [0.1, 0.15) is 0 Å². The number of carbonyl (C=O) groups excluding carboxylic acids is 2. The first-order chi connectivity index (χ1) is 10.5. The first-order valence-corrected chi connectivity index (χ1v) is 8.10. The summed E-state index contributed by atoms with van der Waals surface area (Å²) in [6, 6.07) is -0.315. The van der Waals surface area contributed by atoms with Gasteiger partial charge in [-0.05, 0) is 25.2 Å². The van der Waals surface area contributed by atoms with Crippen LogP contribution in [0.1, 0.15) is 33.6 Å². The maximum Gasteiger partial charge on any atom is 0.324 e. The highest BCUT2D eigenvalue weighted by Gasteiger charge is 2.33. The largest absolute Gasteiger partial charge is 0.357 e. The lowest BCUT2D eigenvalue weighted by Gasteiger charge is -2.25. The molecule has 0 aliphatic carbocycles. The molecule has 0 spiro atoms. The van der Waals surface area contributed by atoms with Gasteiger partial charge in [0, 0.05) is 19.6 Å². The number of carbonyl (C=O) groups is 2. The summed E-state index contributed by atoms with van der Waals surface area (Å²) in [5.41, 5.74) is 0.348. The number of nitrogens with one attached hydrogen (secondary N) is 2. The Bertz CT molecular complexity index is 455. The lowest BCUT2D eigenvalue weighted by atomic mass is 9.87. The van der Waals surface area contributed by atoms with Gasteiger partial charge in [0.05, 0.1) is 19.6 Å². The molecular weight excluding hydrogens is 409 g/mol. The van der Waals surface area contributed by atoms with Gasteiger partial charge < -0.3 is 15.5 Å². The molecule has 2 fully saturated rings. The first kappa shape index (κ1) is 20.0. The monoisotopic (exact) mass is 437 g/mol. The zero-order valence-electron chi connectivity index (χ0n) is 14.2. The summed E-state index contributed by atoms with van der Waals surface area (Å²) in [5, 5.41) is 5.83. The van der Waals surface area contributed by atoms with E-state index in [1.165, 1.54) is 11.3 Å². The van der Waals surface area contributed by atoms with Gasteiger partial charge in [-0.2, -0.15) is 0 Å². The molecule has 132 valence electrons. The van der Waals surface area contributed by atoms with Crippen molar-refractivity contribution in [3.05, 3.63) is 0 Å². The lowest BCUT2D eigenvalue weighted by Crippen LogP contribution is -2.41. The molecule has 2 aliphatic rings. The van der Waals surface area contributed by atoms with Gasteiger partial charge in [0.15, 0.2) is 5.96 Å². The van der Waals surface area contributed by atoms with Crippen LogP contribution in [0.5, 0.6) is 0 Å². The molecule has 2 rings (SSSR count). The Morgan fingerprint density at radius 2 is 2.13 bits per heavy atom. The molecule has 1 unspecified atom stereocenters. The molecule has 2 heterocycles. The van der Waals surface area contributed by atoms with Crippen LogP contribution in [-0.2, 0) is 4.79 Å². The van der Waals surface area contributed by atoms with E-state index in [1.54, 1.807) is 0 Å². The fraction of sp³-hybridized carbons (Fsp3) is 0.800.